The molecule has 1 aliphatic heterocycles. The molecule has 0 aliphatic carbocycles. The number of hydrogen-bond acceptors (Lipinski definition) is 2. The largest absolute Gasteiger partial charge is 0.481 e. The van der Waals surface area contributed by atoms with Crippen molar-refractivity contribution in [1.82, 2.24) is 4.90 Å². The Labute approximate surface area is 103 Å². The molecule has 1 unspecified atom stereocenters. The van der Waals surface area contributed by atoms with E-state index in [1.807, 2.05) is 11.8 Å². The smallest absolute Gasteiger partial charge is 0.306 e. The predicted molar refractivity (Wildman–Crippen MR) is 65.7 cm³/mol. The lowest BCUT2D eigenvalue weighted by atomic mass is 9.97. The van der Waals surface area contributed by atoms with E-state index in [0.29, 0.717) is 19.3 Å². The predicted octanol–water partition coefficient (Wildman–Crippen LogP) is 2.28. The molecule has 1 fully saturated rings. The van der Waals surface area contributed by atoms with E-state index in [9.17, 15) is 9.59 Å². The Morgan fingerprint density at radius 2 is 1.82 bits per heavy atom. The Hall–Kier alpha value is -1.06. The van der Waals surface area contributed by atoms with Crippen LogP contribution in [0.2, 0.25) is 0 Å². The standard InChI is InChI=1S/C13H23NO3/c1-2-6-11(13(16)17)7-8-12(15)14-9-4-3-5-10-14/h11H,2-10H2,1H3,(H,16,17). The maximum Gasteiger partial charge on any atom is 0.306 e. The average molecular weight is 241 g/mol. The topological polar surface area (TPSA) is 57.6 Å². The van der Waals surface area contributed by atoms with E-state index >= 15 is 0 Å². The summed E-state index contributed by atoms with van der Waals surface area (Å²) in [5, 5.41) is 9.00. The summed E-state index contributed by atoms with van der Waals surface area (Å²) in [5.41, 5.74) is 0. The number of carboxylic acid groups (broad SMARTS) is 1. The Bertz CT molecular complexity index is 259. The van der Waals surface area contributed by atoms with Crippen molar-refractivity contribution in [2.45, 2.75) is 51.9 Å². The van der Waals surface area contributed by atoms with Gasteiger partial charge in [-0.25, -0.2) is 0 Å². The molecule has 1 rings (SSSR count). The van der Waals surface area contributed by atoms with Crippen LogP contribution in [0, 0.1) is 5.92 Å². The average Bonchev–Trinajstić information content (AvgIpc) is 2.34. The van der Waals surface area contributed by atoms with Gasteiger partial charge in [-0.2, -0.15) is 0 Å². The highest BCUT2D eigenvalue weighted by Gasteiger charge is 2.21. The summed E-state index contributed by atoms with van der Waals surface area (Å²) in [4.78, 5) is 24.7. The van der Waals surface area contributed by atoms with E-state index in [4.69, 9.17) is 5.11 Å². The van der Waals surface area contributed by atoms with Crippen molar-refractivity contribution in [2.75, 3.05) is 13.1 Å². The maximum atomic E-state index is 11.9. The summed E-state index contributed by atoms with van der Waals surface area (Å²) in [6.07, 6.45) is 5.77. The molecule has 1 amide bonds. The molecule has 0 aromatic rings. The minimum atomic E-state index is -0.765. The monoisotopic (exact) mass is 241 g/mol. The lowest BCUT2D eigenvalue weighted by Gasteiger charge is -2.27. The number of rotatable bonds is 6. The number of amides is 1. The number of hydrogen-bond donors (Lipinski definition) is 1. The molecule has 1 atom stereocenters. The molecule has 0 bridgehead atoms. The molecule has 0 saturated carbocycles. The summed E-state index contributed by atoms with van der Waals surface area (Å²) in [5.74, 6) is -0.987. The van der Waals surface area contributed by atoms with Gasteiger partial charge in [0.25, 0.3) is 0 Å². The molecule has 0 spiro atoms. The molecule has 98 valence electrons. The highest BCUT2D eigenvalue weighted by atomic mass is 16.4. The second kappa shape index (κ2) is 7.30. The van der Waals surface area contributed by atoms with Gasteiger partial charge in [0.05, 0.1) is 5.92 Å². The van der Waals surface area contributed by atoms with Crippen molar-refractivity contribution in [1.29, 1.82) is 0 Å². The van der Waals surface area contributed by atoms with Gasteiger partial charge >= 0.3 is 5.97 Å². The molecule has 1 heterocycles. The van der Waals surface area contributed by atoms with Gasteiger partial charge in [0.15, 0.2) is 0 Å². The quantitative estimate of drug-likeness (QED) is 0.776. The minimum Gasteiger partial charge on any atom is -0.481 e. The van der Waals surface area contributed by atoms with Crippen LogP contribution in [-0.2, 0) is 9.59 Å². The first-order chi connectivity index (χ1) is 8.15. The second-order valence-electron chi connectivity index (χ2n) is 4.80. The molecule has 1 N–H and O–H groups in total. The van der Waals surface area contributed by atoms with Gasteiger partial charge in [0, 0.05) is 19.5 Å². The SMILES string of the molecule is CCCC(CCC(=O)N1CCCCC1)C(=O)O. The van der Waals surface area contributed by atoms with Crippen molar-refractivity contribution in [3.63, 3.8) is 0 Å². The van der Waals surface area contributed by atoms with Gasteiger partial charge in [0.1, 0.15) is 0 Å². The fourth-order valence-electron chi connectivity index (χ4n) is 2.34. The summed E-state index contributed by atoms with van der Waals surface area (Å²) in [6.45, 7) is 3.68. The number of nitrogens with zero attached hydrogens (tertiary/aromatic N) is 1. The molecule has 4 nitrogen and oxygen atoms in total. The van der Waals surface area contributed by atoms with Gasteiger partial charge in [-0.3, -0.25) is 9.59 Å². The second-order valence-corrected chi connectivity index (χ2v) is 4.80. The molecule has 0 radical (unpaired) electrons. The van der Waals surface area contributed by atoms with Crippen LogP contribution in [0.3, 0.4) is 0 Å². The van der Waals surface area contributed by atoms with E-state index in [1.54, 1.807) is 0 Å². The van der Waals surface area contributed by atoms with Crippen LogP contribution in [0.1, 0.15) is 51.9 Å². The third kappa shape index (κ3) is 4.75. The van der Waals surface area contributed by atoms with Crippen LogP contribution in [0.15, 0.2) is 0 Å². The molecule has 17 heavy (non-hydrogen) atoms. The fourth-order valence-corrected chi connectivity index (χ4v) is 2.34. The highest BCUT2D eigenvalue weighted by molar-refractivity contribution is 5.77. The molecule has 4 heteroatoms. The third-order valence-corrected chi connectivity index (χ3v) is 3.40. The summed E-state index contributed by atoms with van der Waals surface area (Å²) >= 11 is 0. The van der Waals surface area contributed by atoms with Gasteiger partial charge in [-0.05, 0) is 32.1 Å². The molecular formula is C13H23NO3. The van der Waals surface area contributed by atoms with Crippen molar-refractivity contribution in [3.05, 3.63) is 0 Å². The van der Waals surface area contributed by atoms with Crippen molar-refractivity contribution in [2.24, 2.45) is 5.92 Å². The van der Waals surface area contributed by atoms with Gasteiger partial charge in [-0.15, -0.1) is 0 Å². The number of carbonyl (C=O) groups is 2. The number of piperidine rings is 1. The van der Waals surface area contributed by atoms with E-state index in [0.717, 1.165) is 32.4 Å². The molecule has 0 aromatic heterocycles. The number of likely N-dealkylation sites (tertiary alicyclic amines) is 1. The van der Waals surface area contributed by atoms with E-state index in [-0.39, 0.29) is 11.8 Å². The van der Waals surface area contributed by atoms with Crippen LogP contribution < -0.4 is 0 Å². The molecule has 1 aliphatic rings. The van der Waals surface area contributed by atoms with Crippen molar-refractivity contribution < 1.29 is 14.7 Å². The number of aliphatic carboxylic acids is 1. The van der Waals surface area contributed by atoms with Crippen LogP contribution >= 0.6 is 0 Å². The van der Waals surface area contributed by atoms with Crippen LogP contribution in [-0.4, -0.2) is 35.0 Å². The number of carbonyl (C=O) groups excluding carboxylic acids is 1. The summed E-state index contributed by atoms with van der Waals surface area (Å²) in [6, 6.07) is 0. The van der Waals surface area contributed by atoms with Gasteiger partial charge < -0.3 is 10.0 Å². The highest BCUT2D eigenvalue weighted by Crippen LogP contribution is 2.16. The minimum absolute atomic E-state index is 0.132. The van der Waals surface area contributed by atoms with Crippen molar-refractivity contribution in [3.8, 4) is 0 Å². The van der Waals surface area contributed by atoms with Crippen LogP contribution in [0.5, 0.6) is 0 Å². The molecule has 0 aromatic carbocycles. The Morgan fingerprint density at radius 3 is 2.35 bits per heavy atom. The summed E-state index contributed by atoms with van der Waals surface area (Å²) in [7, 11) is 0. The lowest BCUT2D eigenvalue weighted by molar-refractivity contribution is -0.142. The Morgan fingerprint density at radius 1 is 1.18 bits per heavy atom. The zero-order valence-electron chi connectivity index (χ0n) is 10.7. The van der Waals surface area contributed by atoms with Gasteiger partial charge in [-0.1, -0.05) is 13.3 Å². The lowest BCUT2D eigenvalue weighted by Crippen LogP contribution is -2.35. The van der Waals surface area contributed by atoms with Crippen LogP contribution in [0.4, 0.5) is 0 Å². The van der Waals surface area contributed by atoms with E-state index < -0.39 is 5.97 Å². The molecular weight excluding hydrogens is 218 g/mol. The zero-order valence-corrected chi connectivity index (χ0v) is 10.7. The van der Waals surface area contributed by atoms with E-state index in [2.05, 4.69) is 0 Å². The Balaban J connectivity index is 2.32. The normalized spacial score (nSPS) is 17.8. The van der Waals surface area contributed by atoms with Gasteiger partial charge in [0.2, 0.25) is 5.91 Å². The molecule has 1 saturated heterocycles. The summed E-state index contributed by atoms with van der Waals surface area (Å²) < 4.78 is 0. The van der Waals surface area contributed by atoms with Crippen molar-refractivity contribution >= 4 is 11.9 Å². The first-order valence-corrected chi connectivity index (χ1v) is 6.65. The number of carboxylic acids is 1. The first-order valence-electron chi connectivity index (χ1n) is 6.65. The van der Waals surface area contributed by atoms with E-state index in [1.165, 1.54) is 6.42 Å². The first kappa shape index (κ1) is 14.0. The zero-order chi connectivity index (χ0) is 12.7. The Kier molecular flexibility index (Phi) is 6.01. The maximum absolute atomic E-state index is 11.9. The third-order valence-electron chi connectivity index (χ3n) is 3.40. The van der Waals surface area contributed by atoms with Crippen LogP contribution in [0.25, 0.3) is 0 Å². The fraction of sp³-hybridized carbons (Fsp3) is 0.846.